The van der Waals surface area contributed by atoms with Gasteiger partial charge in [-0.3, -0.25) is 0 Å². The van der Waals surface area contributed by atoms with E-state index >= 15 is 0 Å². The van der Waals surface area contributed by atoms with E-state index < -0.39 is 0 Å². The van der Waals surface area contributed by atoms with E-state index in [9.17, 15) is 9.65 Å². The molecule has 0 N–H and O–H groups in total. The summed E-state index contributed by atoms with van der Waals surface area (Å²) in [5.41, 5.74) is 0.712. The first-order valence-electron chi connectivity index (χ1n) is 6.72. The molecule has 2 nitrogen and oxygen atoms in total. The van der Waals surface area contributed by atoms with E-state index in [1.165, 1.54) is 12.1 Å². The van der Waals surface area contributed by atoms with Crippen LogP contribution in [0.2, 0.25) is 5.02 Å². The van der Waals surface area contributed by atoms with Gasteiger partial charge in [-0.25, -0.2) is 4.39 Å². The summed E-state index contributed by atoms with van der Waals surface area (Å²) in [5.74, 6) is 0.123. The first kappa shape index (κ1) is 15.3. The predicted molar refractivity (Wildman–Crippen MR) is 80.9 cm³/mol. The van der Waals surface area contributed by atoms with Gasteiger partial charge >= 0.3 is 0 Å². The smallest absolute Gasteiger partial charge is 0.123 e. The second-order valence-electron chi connectivity index (χ2n) is 4.68. The lowest BCUT2D eigenvalue weighted by molar-refractivity contribution is 0.305. The highest BCUT2D eigenvalue weighted by Crippen LogP contribution is 2.22. The summed E-state index contributed by atoms with van der Waals surface area (Å²) in [6.07, 6.45) is 1.35. The van der Waals surface area contributed by atoms with Crippen LogP contribution in [0.3, 0.4) is 0 Å². The Hall–Kier alpha value is -2.05. The van der Waals surface area contributed by atoms with Gasteiger partial charge in [-0.2, -0.15) is 5.26 Å². The van der Waals surface area contributed by atoms with Crippen molar-refractivity contribution in [1.29, 1.82) is 5.26 Å². The van der Waals surface area contributed by atoms with Crippen LogP contribution in [0.1, 0.15) is 24.3 Å². The number of rotatable bonds is 6. The molecule has 2 aromatic rings. The number of hydrogen-bond donors (Lipinski definition) is 0. The minimum Gasteiger partial charge on any atom is -0.494 e. The molecule has 0 saturated heterocycles. The van der Waals surface area contributed by atoms with Crippen LogP contribution in [0.4, 0.5) is 4.39 Å². The second kappa shape index (κ2) is 7.66. The molecule has 2 rings (SSSR count). The van der Waals surface area contributed by atoms with Crippen molar-refractivity contribution in [2.75, 3.05) is 6.61 Å². The zero-order valence-corrected chi connectivity index (χ0v) is 12.2. The molecule has 0 aromatic heterocycles. The van der Waals surface area contributed by atoms with Crippen molar-refractivity contribution < 1.29 is 9.13 Å². The number of ether oxygens (including phenoxy) is 1. The fraction of sp³-hybridized carbons (Fsp3) is 0.235. The molecule has 0 radical (unpaired) electrons. The highest BCUT2D eigenvalue weighted by atomic mass is 35.5. The standard InChI is InChI=1S/C17H15ClFNO/c18-15-6-8-17(9-7-15)21-10-2-4-14(12-20)13-3-1-5-16(19)11-13/h1,3,5-9,11,14H,2,4,10H2. The Kier molecular flexibility index (Phi) is 5.59. The van der Waals surface area contributed by atoms with Crippen LogP contribution >= 0.6 is 11.6 Å². The minimum absolute atomic E-state index is 0.311. The molecular formula is C17H15ClFNO. The Bertz CT molecular complexity index is 621. The van der Waals surface area contributed by atoms with E-state index in [4.69, 9.17) is 16.3 Å². The Balaban J connectivity index is 1.81. The van der Waals surface area contributed by atoms with Crippen LogP contribution in [-0.2, 0) is 0 Å². The summed E-state index contributed by atoms with van der Waals surface area (Å²) in [6.45, 7) is 0.509. The maximum absolute atomic E-state index is 13.2. The van der Waals surface area contributed by atoms with E-state index in [1.807, 2.05) is 0 Å². The van der Waals surface area contributed by atoms with Gasteiger partial charge in [0.15, 0.2) is 0 Å². The highest BCUT2D eigenvalue weighted by Gasteiger charge is 2.11. The fourth-order valence-corrected chi connectivity index (χ4v) is 2.16. The third kappa shape index (κ3) is 4.77. The first-order valence-corrected chi connectivity index (χ1v) is 7.10. The first-order chi connectivity index (χ1) is 10.2. The predicted octanol–water partition coefficient (Wildman–Crippen LogP) is 4.95. The second-order valence-corrected chi connectivity index (χ2v) is 5.12. The molecule has 0 saturated carbocycles. The average molecular weight is 304 g/mol. The molecule has 0 amide bonds. The van der Waals surface area contributed by atoms with Gasteiger partial charge in [0.05, 0.1) is 18.6 Å². The van der Waals surface area contributed by atoms with Crippen molar-refractivity contribution in [2.45, 2.75) is 18.8 Å². The van der Waals surface area contributed by atoms with Crippen LogP contribution in [0.5, 0.6) is 5.75 Å². The Morgan fingerprint density at radius 1 is 1.19 bits per heavy atom. The SMILES string of the molecule is N#CC(CCCOc1ccc(Cl)cc1)c1cccc(F)c1. The molecular weight excluding hydrogens is 289 g/mol. The van der Waals surface area contributed by atoms with Crippen molar-refractivity contribution in [2.24, 2.45) is 0 Å². The Morgan fingerprint density at radius 3 is 2.62 bits per heavy atom. The molecule has 0 spiro atoms. The van der Waals surface area contributed by atoms with E-state index in [1.54, 1.807) is 36.4 Å². The lowest BCUT2D eigenvalue weighted by atomic mass is 9.96. The molecule has 1 unspecified atom stereocenters. The Morgan fingerprint density at radius 2 is 1.95 bits per heavy atom. The number of nitriles is 1. The summed E-state index contributed by atoms with van der Waals surface area (Å²) >= 11 is 5.79. The molecule has 1 atom stereocenters. The van der Waals surface area contributed by atoms with Crippen LogP contribution in [0, 0.1) is 17.1 Å². The number of hydrogen-bond acceptors (Lipinski definition) is 2. The quantitative estimate of drug-likeness (QED) is 0.708. The normalized spacial score (nSPS) is 11.7. The van der Waals surface area contributed by atoms with Crippen LogP contribution in [-0.4, -0.2) is 6.61 Å². The van der Waals surface area contributed by atoms with Gasteiger partial charge in [-0.15, -0.1) is 0 Å². The summed E-state index contributed by atoms with van der Waals surface area (Å²) in [6, 6.07) is 15.5. The molecule has 0 aliphatic heterocycles. The van der Waals surface area contributed by atoms with Gasteiger partial charge in [0.2, 0.25) is 0 Å². The summed E-state index contributed by atoms with van der Waals surface area (Å²) in [7, 11) is 0. The highest BCUT2D eigenvalue weighted by molar-refractivity contribution is 6.30. The van der Waals surface area contributed by atoms with Crippen molar-refractivity contribution in [3.05, 3.63) is 64.9 Å². The Labute approximate surface area is 128 Å². The lowest BCUT2D eigenvalue weighted by Crippen LogP contribution is -2.02. The van der Waals surface area contributed by atoms with E-state index in [-0.39, 0.29) is 11.7 Å². The van der Waals surface area contributed by atoms with Gasteiger partial charge in [-0.05, 0) is 54.8 Å². The summed E-state index contributed by atoms with van der Waals surface area (Å²) in [4.78, 5) is 0. The maximum Gasteiger partial charge on any atom is 0.123 e. The van der Waals surface area contributed by atoms with E-state index in [0.717, 1.165) is 12.2 Å². The van der Waals surface area contributed by atoms with Gasteiger partial charge in [0, 0.05) is 5.02 Å². The largest absolute Gasteiger partial charge is 0.494 e. The molecule has 108 valence electrons. The van der Waals surface area contributed by atoms with Gasteiger partial charge in [0.1, 0.15) is 11.6 Å². The topological polar surface area (TPSA) is 33.0 Å². The number of benzene rings is 2. The monoisotopic (exact) mass is 303 g/mol. The van der Waals surface area contributed by atoms with E-state index in [0.29, 0.717) is 23.6 Å². The minimum atomic E-state index is -0.315. The van der Waals surface area contributed by atoms with Crippen molar-refractivity contribution >= 4 is 11.6 Å². The average Bonchev–Trinajstić information content (AvgIpc) is 2.49. The van der Waals surface area contributed by atoms with Crippen molar-refractivity contribution in [3.8, 4) is 11.8 Å². The van der Waals surface area contributed by atoms with Crippen molar-refractivity contribution in [3.63, 3.8) is 0 Å². The lowest BCUT2D eigenvalue weighted by Gasteiger charge is -2.10. The third-order valence-electron chi connectivity index (χ3n) is 3.13. The molecule has 0 aliphatic rings. The fourth-order valence-electron chi connectivity index (χ4n) is 2.04. The molecule has 4 heteroatoms. The number of nitrogens with zero attached hydrogens (tertiary/aromatic N) is 1. The number of halogens is 2. The molecule has 0 aliphatic carbocycles. The molecule has 21 heavy (non-hydrogen) atoms. The molecule has 0 bridgehead atoms. The zero-order chi connectivity index (χ0) is 15.1. The van der Waals surface area contributed by atoms with Gasteiger partial charge < -0.3 is 4.74 Å². The van der Waals surface area contributed by atoms with Gasteiger partial charge in [0.25, 0.3) is 0 Å². The molecule has 0 heterocycles. The molecule has 0 fully saturated rings. The molecule has 2 aromatic carbocycles. The van der Waals surface area contributed by atoms with Crippen LogP contribution < -0.4 is 4.74 Å². The zero-order valence-electron chi connectivity index (χ0n) is 11.4. The van der Waals surface area contributed by atoms with Gasteiger partial charge in [-0.1, -0.05) is 23.7 Å². The third-order valence-corrected chi connectivity index (χ3v) is 3.38. The maximum atomic E-state index is 13.2. The summed E-state index contributed by atoms with van der Waals surface area (Å²) < 4.78 is 18.7. The summed E-state index contributed by atoms with van der Waals surface area (Å²) in [5, 5.41) is 9.85. The van der Waals surface area contributed by atoms with Crippen molar-refractivity contribution in [1.82, 2.24) is 0 Å². The van der Waals surface area contributed by atoms with E-state index in [2.05, 4.69) is 6.07 Å². The van der Waals surface area contributed by atoms with Crippen LogP contribution in [0.25, 0.3) is 0 Å². The van der Waals surface area contributed by atoms with Crippen LogP contribution in [0.15, 0.2) is 48.5 Å².